The monoisotopic (exact) mass is 308 g/mol. The predicted octanol–water partition coefficient (Wildman–Crippen LogP) is 4.73. The molecule has 0 radical (unpaired) electrons. The molecule has 1 saturated carbocycles. The van der Waals surface area contributed by atoms with Crippen LogP contribution >= 0.6 is 0 Å². The van der Waals surface area contributed by atoms with Crippen molar-refractivity contribution in [1.82, 2.24) is 0 Å². The van der Waals surface area contributed by atoms with Crippen LogP contribution in [-0.2, 0) is 11.2 Å². The predicted molar refractivity (Wildman–Crippen MR) is 81.5 cm³/mol. The van der Waals surface area contributed by atoms with Gasteiger partial charge in [-0.15, -0.1) is 0 Å². The zero-order valence-electron chi connectivity index (χ0n) is 12.8. The molecule has 0 heterocycles. The summed E-state index contributed by atoms with van der Waals surface area (Å²) in [6.45, 7) is 1.78. The summed E-state index contributed by atoms with van der Waals surface area (Å²) < 4.78 is 26.0. The van der Waals surface area contributed by atoms with Gasteiger partial charge in [0.2, 0.25) is 0 Å². The molecule has 0 spiro atoms. The van der Waals surface area contributed by atoms with E-state index >= 15 is 0 Å². The number of carboxylic acid groups (broad SMARTS) is 1. The fourth-order valence-corrected chi connectivity index (χ4v) is 3.36. The summed E-state index contributed by atoms with van der Waals surface area (Å²) in [5.74, 6) is -1.72. The van der Waals surface area contributed by atoms with Crippen LogP contribution in [0.15, 0.2) is 29.8 Å². The van der Waals surface area contributed by atoms with E-state index in [9.17, 15) is 13.6 Å². The van der Waals surface area contributed by atoms with Gasteiger partial charge in [0.25, 0.3) is 0 Å². The molecule has 0 unspecified atom stereocenters. The third-order valence-electron chi connectivity index (χ3n) is 4.67. The van der Waals surface area contributed by atoms with E-state index in [1.54, 1.807) is 19.1 Å². The molecule has 1 N–H and O–H groups in total. The van der Waals surface area contributed by atoms with Crippen LogP contribution in [-0.4, -0.2) is 11.1 Å². The van der Waals surface area contributed by atoms with Gasteiger partial charge in [-0.2, -0.15) is 0 Å². The second-order valence-corrected chi connectivity index (χ2v) is 6.05. The maximum atomic E-state index is 13.2. The minimum atomic E-state index is -0.812. The van der Waals surface area contributed by atoms with Crippen molar-refractivity contribution in [1.29, 1.82) is 0 Å². The van der Waals surface area contributed by atoms with E-state index in [0.717, 1.165) is 44.1 Å². The van der Waals surface area contributed by atoms with Crippen molar-refractivity contribution in [3.63, 3.8) is 0 Å². The molecule has 4 heteroatoms. The van der Waals surface area contributed by atoms with Crippen molar-refractivity contribution >= 4 is 5.97 Å². The number of allylic oxidation sites excluding steroid dienone is 1. The maximum Gasteiger partial charge on any atom is 0.331 e. The molecular weight excluding hydrogens is 286 g/mol. The molecular formula is C18H22F2O2. The topological polar surface area (TPSA) is 37.3 Å². The number of hydrogen-bond acceptors (Lipinski definition) is 1. The second kappa shape index (κ2) is 7.52. The van der Waals surface area contributed by atoms with Crippen LogP contribution in [0, 0.1) is 23.5 Å². The van der Waals surface area contributed by atoms with Crippen LogP contribution in [0.5, 0.6) is 0 Å². The van der Waals surface area contributed by atoms with E-state index in [-0.39, 0.29) is 5.92 Å². The minimum absolute atomic E-state index is 0.155. The number of carbonyl (C=O) groups is 1. The number of carboxylic acids is 1. The summed E-state index contributed by atoms with van der Waals surface area (Å²) >= 11 is 0. The highest BCUT2D eigenvalue weighted by Gasteiger charge is 2.26. The molecule has 22 heavy (non-hydrogen) atoms. The summed E-state index contributed by atoms with van der Waals surface area (Å²) in [6.07, 6.45) is 7.17. The summed E-state index contributed by atoms with van der Waals surface area (Å²) in [5.41, 5.74) is 1.35. The quantitative estimate of drug-likeness (QED) is 0.798. The SMILES string of the molecule is CC=C(C(=O)O)C1CCC(CCc2ccc(F)c(F)c2)CC1. The molecule has 1 aromatic rings. The van der Waals surface area contributed by atoms with E-state index in [1.165, 1.54) is 12.1 Å². The Hall–Kier alpha value is -1.71. The van der Waals surface area contributed by atoms with Crippen molar-refractivity contribution in [2.75, 3.05) is 0 Å². The van der Waals surface area contributed by atoms with Crippen molar-refractivity contribution in [2.24, 2.45) is 11.8 Å². The third-order valence-corrected chi connectivity index (χ3v) is 4.67. The summed E-state index contributed by atoms with van der Waals surface area (Å²) in [7, 11) is 0. The van der Waals surface area contributed by atoms with Crippen LogP contribution in [0.3, 0.4) is 0 Å². The molecule has 1 aromatic carbocycles. The molecule has 2 nitrogen and oxygen atoms in total. The standard InChI is InChI=1S/C18H22F2O2/c1-2-15(18(21)22)14-8-5-12(6-9-14)3-4-13-7-10-16(19)17(20)11-13/h2,7,10-12,14H,3-6,8-9H2,1H3,(H,21,22). The van der Waals surface area contributed by atoms with Crippen LogP contribution in [0.25, 0.3) is 0 Å². The first-order valence-electron chi connectivity index (χ1n) is 7.84. The number of hydrogen-bond donors (Lipinski definition) is 1. The van der Waals surface area contributed by atoms with Gasteiger partial charge in [-0.1, -0.05) is 12.1 Å². The van der Waals surface area contributed by atoms with E-state index in [1.807, 2.05) is 0 Å². The Morgan fingerprint density at radius 2 is 1.91 bits per heavy atom. The molecule has 1 fully saturated rings. The van der Waals surface area contributed by atoms with Gasteiger partial charge in [0.05, 0.1) is 0 Å². The Labute approximate surface area is 129 Å². The summed E-state index contributed by atoms with van der Waals surface area (Å²) in [4.78, 5) is 11.1. The second-order valence-electron chi connectivity index (χ2n) is 6.05. The van der Waals surface area contributed by atoms with E-state index in [2.05, 4.69) is 0 Å². The largest absolute Gasteiger partial charge is 0.478 e. The van der Waals surface area contributed by atoms with E-state index in [4.69, 9.17) is 5.11 Å². The lowest BCUT2D eigenvalue weighted by Crippen LogP contribution is -2.20. The van der Waals surface area contributed by atoms with Crippen molar-refractivity contribution in [3.8, 4) is 0 Å². The lowest BCUT2D eigenvalue weighted by atomic mass is 9.76. The van der Waals surface area contributed by atoms with E-state index in [0.29, 0.717) is 11.5 Å². The van der Waals surface area contributed by atoms with Crippen LogP contribution in [0.1, 0.15) is 44.6 Å². The van der Waals surface area contributed by atoms with Crippen molar-refractivity contribution < 1.29 is 18.7 Å². The number of aliphatic carboxylic acids is 1. The van der Waals surface area contributed by atoms with Gasteiger partial charge in [-0.25, -0.2) is 13.6 Å². The lowest BCUT2D eigenvalue weighted by Gasteiger charge is -2.29. The van der Waals surface area contributed by atoms with Gasteiger partial charge in [0.15, 0.2) is 11.6 Å². The highest BCUT2D eigenvalue weighted by atomic mass is 19.2. The molecule has 1 aliphatic rings. The number of aryl methyl sites for hydroxylation is 1. The van der Waals surface area contributed by atoms with Crippen LogP contribution < -0.4 is 0 Å². The number of halogens is 2. The Kier molecular flexibility index (Phi) is 5.69. The van der Waals surface area contributed by atoms with Gasteiger partial charge in [0, 0.05) is 5.57 Å². The van der Waals surface area contributed by atoms with E-state index < -0.39 is 17.6 Å². The molecule has 0 saturated heterocycles. The first-order chi connectivity index (χ1) is 10.5. The molecule has 0 atom stereocenters. The molecule has 0 aromatic heterocycles. The minimum Gasteiger partial charge on any atom is -0.478 e. The van der Waals surface area contributed by atoms with Crippen molar-refractivity contribution in [3.05, 3.63) is 47.0 Å². The highest BCUT2D eigenvalue weighted by molar-refractivity contribution is 5.87. The molecule has 0 aliphatic heterocycles. The maximum absolute atomic E-state index is 13.2. The Bertz CT molecular complexity index is 558. The fraction of sp³-hybridized carbons (Fsp3) is 0.500. The average molecular weight is 308 g/mol. The van der Waals surface area contributed by atoms with Crippen LogP contribution in [0.4, 0.5) is 8.78 Å². The van der Waals surface area contributed by atoms with Gasteiger partial charge in [-0.05, 0) is 75.0 Å². The highest BCUT2D eigenvalue weighted by Crippen LogP contribution is 2.35. The average Bonchev–Trinajstić information content (AvgIpc) is 2.50. The third kappa shape index (κ3) is 4.15. The zero-order valence-corrected chi connectivity index (χ0v) is 12.8. The number of benzene rings is 1. The fourth-order valence-electron chi connectivity index (χ4n) is 3.36. The van der Waals surface area contributed by atoms with Gasteiger partial charge < -0.3 is 5.11 Å². The molecule has 120 valence electrons. The normalized spacial score (nSPS) is 22.6. The first kappa shape index (κ1) is 16.7. The Balaban J connectivity index is 1.82. The lowest BCUT2D eigenvalue weighted by molar-refractivity contribution is -0.133. The van der Waals surface area contributed by atoms with Crippen molar-refractivity contribution in [2.45, 2.75) is 45.4 Å². The van der Waals surface area contributed by atoms with Gasteiger partial charge in [-0.3, -0.25) is 0 Å². The molecule has 1 aliphatic carbocycles. The molecule has 0 amide bonds. The molecule has 0 bridgehead atoms. The van der Waals surface area contributed by atoms with Gasteiger partial charge in [0.1, 0.15) is 0 Å². The Morgan fingerprint density at radius 1 is 1.23 bits per heavy atom. The molecule has 2 rings (SSSR count). The van der Waals surface area contributed by atoms with Gasteiger partial charge >= 0.3 is 5.97 Å². The zero-order chi connectivity index (χ0) is 16.1. The van der Waals surface area contributed by atoms with Crippen LogP contribution in [0.2, 0.25) is 0 Å². The Morgan fingerprint density at radius 3 is 2.45 bits per heavy atom. The first-order valence-corrected chi connectivity index (χ1v) is 7.84. The number of rotatable bonds is 5. The summed E-state index contributed by atoms with van der Waals surface area (Å²) in [6, 6.07) is 4.07. The summed E-state index contributed by atoms with van der Waals surface area (Å²) in [5, 5.41) is 9.16. The smallest absolute Gasteiger partial charge is 0.331 e.